The van der Waals surface area contributed by atoms with Gasteiger partial charge in [0.1, 0.15) is 0 Å². The van der Waals surface area contributed by atoms with E-state index >= 15 is 0 Å². The van der Waals surface area contributed by atoms with Gasteiger partial charge in [0.2, 0.25) is 0 Å². The molecule has 0 unspecified atom stereocenters. The first-order chi connectivity index (χ1) is 14.1. The topological polar surface area (TPSA) is 97.1 Å². The number of aromatic carboxylic acids is 1. The van der Waals surface area contributed by atoms with Crippen LogP contribution in [0.3, 0.4) is 0 Å². The molecule has 2 aromatic carbocycles. The van der Waals surface area contributed by atoms with E-state index < -0.39 is 11.9 Å². The van der Waals surface area contributed by atoms with Gasteiger partial charge in [-0.25, -0.2) is 9.48 Å². The monoisotopic (exact) mass is 408 g/mol. The molecular formula is C22H17N4NaO3. The van der Waals surface area contributed by atoms with Crippen molar-refractivity contribution >= 4 is 17.6 Å². The van der Waals surface area contributed by atoms with Gasteiger partial charge in [-0.1, -0.05) is 30.3 Å². The normalized spacial score (nSPS) is 10.1. The first kappa shape index (κ1) is 21.4. The summed E-state index contributed by atoms with van der Waals surface area (Å²) < 4.78 is 1.58. The van der Waals surface area contributed by atoms with Crippen LogP contribution in [0, 0.1) is 0 Å². The van der Waals surface area contributed by atoms with Crippen LogP contribution in [0.2, 0.25) is 0 Å². The summed E-state index contributed by atoms with van der Waals surface area (Å²) in [6.07, 6.45) is 6.46. The van der Waals surface area contributed by atoms with Gasteiger partial charge in [-0.15, -0.1) is 0 Å². The third-order valence-corrected chi connectivity index (χ3v) is 4.36. The molecule has 2 aromatic heterocycles. The van der Waals surface area contributed by atoms with Crippen LogP contribution in [-0.4, -0.2) is 31.7 Å². The first-order valence-electron chi connectivity index (χ1n) is 8.81. The fraction of sp³-hybridized carbons (Fsp3) is 0. The molecule has 0 radical (unpaired) electrons. The average molecular weight is 408 g/mol. The van der Waals surface area contributed by atoms with E-state index in [9.17, 15) is 14.7 Å². The van der Waals surface area contributed by atoms with Gasteiger partial charge in [0.15, 0.2) is 0 Å². The first-order valence-corrected chi connectivity index (χ1v) is 8.81. The molecule has 0 saturated heterocycles. The molecule has 2 N–H and O–H groups in total. The molecule has 1 amide bonds. The number of carboxylic acid groups (broad SMARTS) is 1. The molecule has 0 bridgehead atoms. The Hall–Kier alpha value is -3.26. The van der Waals surface area contributed by atoms with Crippen molar-refractivity contribution < 1.29 is 45.7 Å². The number of amides is 1. The molecule has 2 heterocycles. The van der Waals surface area contributed by atoms with Gasteiger partial charge in [-0.2, -0.15) is 5.10 Å². The number of nitrogens with one attached hydrogen (secondary N) is 1. The summed E-state index contributed by atoms with van der Waals surface area (Å²) in [5, 5.41) is 16.3. The van der Waals surface area contributed by atoms with Crippen LogP contribution < -0.4 is 34.9 Å². The van der Waals surface area contributed by atoms with E-state index in [1.165, 1.54) is 12.3 Å². The van der Waals surface area contributed by atoms with Crippen molar-refractivity contribution in [1.29, 1.82) is 0 Å². The van der Waals surface area contributed by atoms with Crippen LogP contribution in [0.4, 0.5) is 5.69 Å². The number of aromatic nitrogens is 3. The summed E-state index contributed by atoms with van der Waals surface area (Å²) in [5.74, 6) is -1.58. The minimum absolute atomic E-state index is 0. The van der Waals surface area contributed by atoms with Gasteiger partial charge in [0.05, 0.1) is 22.5 Å². The Kier molecular flexibility index (Phi) is 6.79. The maximum Gasteiger partial charge on any atom is 1.00 e. The number of carbonyl (C=O) groups is 2. The molecule has 0 aliphatic carbocycles. The van der Waals surface area contributed by atoms with Crippen LogP contribution in [-0.2, 0) is 0 Å². The third kappa shape index (κ3) is 4.65. The van der Waals surface area contributed by atoms with Crippen LogP contribution in [0.1, 0.15) is 22.1 Å². The second-order valence-corrected chi connectivity index (χ2v) is 6.27. The van der Waals surface area contributed by atoms with Crippen molar-refractivity contribution in [2.24, 2.45) is 0 Å². The average Bonchev–Trinajstić information content (AvgIpc) is 3.29. The number of hydrogen-bond acceptors (Lipinski definition) is 4. The quantitative estimate of drug-likeness (QED) is 0.481. The van der Waals surface area contributed by atoms with Crippen molar-refractivity contribution in [3.05, 3.63) is 96.6 Å². The maximum absolute atomic E-state index is 12.8. The molecule has 8 heteroatoms. The molecule has 0 spiro atoms. The molecule has 0 saturated carbocycles. The van der Waals surface area contributed by atoms with E-state index in [-0.39, 0.29) is 42.2 Å². The SMILES string of the molecule is O=C(Nc1cc(-n2cccn2)ccc1C(=O)O)c1cncc(-c2ccccc2)c1.[H-].[Na+]. The largest absolute Gasteiger partial charge is 1.00 e. The summed E-state index contributed by atoms with van der Waals surface area (Å²) in [6.45, 7) is 0. The third-order valence-electron chi connectivity index (χ3n) is 4.36. The number of pyridine rings is 1. The number of hydrogen-bond donors (Lipinski definition) is 2. The molecule has 144 valence electrons. The molecule has 0 atom stereocenters. The second kappa shape index (κ2) is 9.49. The van der Waals surface area contributed by atoms with Crippen molar-refractivity contribution in [3.8, 4) is 16.8 Å². The van der Waals surface area contributed by atoms with Gasteiger partial charge in [0, 0.05) is 30.4 Å². The van der Waals surface area contributed by atoms with Crippen LogP contribution in [0.15, 0.2) is 85.5 Å². The fourth-order valence-electron chi connectivity index (χ4n) is 2.93. The van der Waals surface area contributed by atoms with Crippen molar-refractivity contribution in [1.82, 2.24) is 14.8 Å². The van der Waals surface area contributed by atoms with Crippen molar-refractivity contribution in [2.45, 2.75) is 0 Å². The zero-order valence-electron chi connectivity index (χ0n) is 17.2. The Morgan fingerprint density at radius 1 is 0.967 bits per heavy atom. The van der Waals surface area contributed by atoms with Gasteiger partial charge < -0.3 is 11.8 Å². The smallest absolute Gasteiger partial charge is 1.00 e. The van der Waals surface area contributed by atoms with Gasteiger partial charge in [-0.3, -0.25) is 9.78 Å². The molecular weight excluding hydrogens is 391 g/mol. The van der Waals surface area contributed by atoms with Crippen LogP contribution in [0.5, 0.6) is 0 Å². The van der Waals surface area contributed by atoms with E-state index in [0.29, 0.717) is 11.3 Å². The van der Waals surface area contributed by atoms with Crippen LogP contribution >= 0.6 is 0 Å². The van der Waals surface area contributed by atoms with Gasteiger partial charge in [0.25, 0.3) is 5.91 Å². The summed E-state index contributed by atoms with van der Waals surface area (Å²) in [6, 6.07) is 17.7. The van der Waals surface area contributed by atoms with E-state index in [2.05, 4.69) is 15.4 Å². The van der Waals surface area contributed by atoms with Crippen LogP contribution in [0.25, 0.3) is 16.8 Å². The summed E-state index contributed by atoms with van der Waals surface area (Å²) in [4.78, 5) is 28.5. The second-order valence-electron chi connectivity index (χ2n) is 6.27. The number of rotatable bonds is 5. The predicted molar refractivity (Wildman–Crippen MR) is 109 cm³/mol. The summed E-state index contributed by atoms with van der Waals surface area (Å²) in [5.41, 5.74) is 2.85. The molecule has 0 aliphatic rings. The molecule has 4 aromatic rings. The van der Waals surface area contributed by atoms with E-state index in [4.69, 9.17) is 0 Å². The number of carboxylic acids is 1. The zero-order chi connectivity index (χ0) is 20.2. The minimum Gasteiger partial charge on any atom is -1.00 e. The zero-order valence-corrected chi connectivity index (χ0v) is 18.2. The number of anilines is 1. The Balaban J connectivity index is 0.00000171. The molecule has 4 rings (SSSR count). The maximum atomic E-state index is 12.8. The Morgan fingerprint density at radius 2 is 1.77 bits per heavy atom. The summed E-state index contributed by atoms with van der Waals surface area (Å²) in [7, 11) is 0. The van der Waals surface area contributed by atoms with E-state index in [0.717, 1.165) is 11.1 Å². The van der Waals surface area contributed by atoms with Gasteiger partial charge in [-0.05, 0) is 35.9 Å². The molecule has 0 fully saturated rings. The fourth-order valence-corrected chi connectivity index (χ4v) is 2.93. The number of benzene rings is 2. The Bertz CT molecular complexity index is 1180. The predicted octanol–water partition coefficient (Wildman–Crippen LogP) is 1.00. The van der Waals surface area contributed by atoms with Crippen molar-refractivity contribution in [3.63, 3.8) is 0 Å². The van der Waals surface area contributed by atoms with Crippen molar-refractivity contribution in [2.75, 3.05) is 5.32 Å². The van der Waals surface area contributed by atoms with E-state index in [1.54, 1.807) is 47.5 Å². The summed E-state index contributed by atoms with van der Waals surface area (Å²) >= 11 is 0. The number of carbonyl (C=O) groups excluding carboxylic acids is 1. The van der Waals surface area contributed by atoms with Gasteiger partial charge >= 0.3 is 35.5 Å². The Labute approximate surface area is 196 Å². The molecule has 7 nitrogen and oxygen atoms in total. The Morgan fingerprint density at radius 3 is 2.47 bits per heavy atom. The minimum atomic E-state index is -1.14. The standard InChI is InChI=1S/C22H16N4O3.Na.H/c27-21(17-11-16(13-23-14-17)15-5-2-1-3-6-15)25-20-12-18(26-10-4-9-24-26)7-8-19(20)22(28)29;;/h1-14H,(H,25,27)(H,28,29);;/q;+1;-1. The molecule has 30 heavy (non-hydrogen) atoms. The van der Waals surface area contributed by atoms with E-state index in [1.807, 2.05) is 30.3 Å². The number of nitrogens with zero attached hydrogens (tertiary/aromatic N) is 3. The molecule has 0 aliphatic heterocycles.